The summed E-state index contributed by atoms with van der Waals surface area (Å²) in [7, 11) is 0. The summed E-state index contributed by atoms with van der Waals surface area (Å²) in [5.74, 6) is 1.08. The van der Waals surface area contributed by atoms with Crippen LogP contribution in [0, 0.1) is 26.2 Å². The Morgan fingerprint density at radius 2 is 1.82 bits per heavy atom. The van der Waals surface area contributed by atoms with Crippen LogP contribution in [0.1, 0.15) is 29.5 Å². The first-order valence-electron chi connectivity index (χ1n) is 7.08. The molecular weight excluding hydrogens is 345 g/mol. The molecule has 0 aromatic heterocycles. The van der Waals surface area contributed by atoms with Crippen molar-refractivity contribution in [2.24, 2.45) is 0 Å². The second kappa shape index (κ2) is 5.40. The molecule has 0 spiro atoms. The first-order valence-corrected chi connectivity index (χ1v) is 7.88. The summed E-state index contributed by atoms with van der Waals surface area (Å²) in [6, 6.07) is 8.69. The van der Waals surface area contributed by atoms with Crippen molar-refractivity contribution in [3.63, 3.8) is 0 Å². The molecule has 0 heterocycles. The van der Waals surface area contributed by atoms with Gasteiger partial charge in [-0.2, -0.15) is 0 Å². The Hall–Kier alpha value is -1.86. The highest BCUT2D eigenvalue weighted by Gasteiger charge is 2.52. The summed E-state index contributed by atoms with van der Waals surface area (Å²) in [5.41, 5.74) is 2.21. The molecule has 2 aromatic rings. The quantitative estimate of drug-likeness (QED) is 0.621. The topological polar surface area (TPSA) is 13.6 Å². The van der Waals surface area contributed by atoms with Crippen molar-refractivity contribution in [1.82, 2.24) is 0 Å². The van der Waals surface area contributed by atoms with Crippen LogP contribution in [-0.2, 0) is 5.54 Å². The molecule has 0 amide bonds. The third-order valence-corrected chi connectivity index (χ3v) is 4.66. The van der Waals surface area contributed by atoms with E-state index in [0.717, 1.165) is 34.0 Å². The van der Waals surface area contributed by atoms with Gasteiger partial charge in [0.2, 0.25) is 0 Å². The van der Waals surface area contributed by atoms with Crippen LogP contribution in [0.15, 0.2) is 34.8 Å². The number of hydrogen-bond donors (Lipinski definition) is 0. The maximum atomic E-state index is 13.4. The molecule has 1 aliphatic rings. The molecule has 22 heavy (non-hydrogen) atoms. The van der Waals surface area contributed by atoms with E-state index in [0.29, 0.717) is 11.5 Å². The largest absolute Gasteiger partial charge is 0.456 e. The Morgan fingerprint density at radius 1 is 1.18 bits per heavy atom. The first-order chi connectivity index (χ1) is 10.4. The molecule has 1 aliphatic carbocycles. The Bertz CT molecular complexity index is 767. The Labute approximate surface area is 137 Å². The molecule has 2 aromatic carbocycles. The van der Waals surface area contributed by atoms with Gasteiger partial charge in [-0.3, -0.25) is 0 Å². The highest BCUT2D eigenvalue weighted by molar-refractivity contribution is 9.10. The summed E-state index contributed by atoms with van der Waals surface area (Å²) in [6.07, 6.45) is 1.83. The van der Waals surface area contributed by atoms with Gasteiger partial charge < -0.3 is 9.58 Å². The van der Waals surface area contributed by atoms with Crippen molar-refractivity contribution in [3.05, 3.63) is 68.7 Å². The molecule has 0 N–H and O–H groups in total. The summed E-state index contributed by atoms with van der Waals surface area (Å²) < 4.78 is 20.1. The summed E-state index contributed by atoms with van der Waals surface area (Å²) in [6.45, 7) is 11.0. The van der Waals surface area contributed by atoms with Crippen molar-refractivity contribution in [2.45, 2.75) is 32.2 Å². The molecule has 3 rings (SSSR count). The van der Waals surface area contributed by atoms with Gasteiger partial charge in [-0.1, -0.05) is 0 Å². The second-order valence-electron chi connectivity index (χ2n) is 5.76. The van der Waals surface area contributed by atoms with Gasteiger partial charge in [-0.25, -0.2) is 11.0 Å². The predicted molar refractivity (Wildman–Crippen MR) is 87.6 cm³/mol. The van der Waals surface area contributed by atoms with Crippen LogP contribution in [0.2, 0.25) is 0 Å². The number of nitrogens with zero attached hydrogens (tertiary/aromatic N) is 1. The van der Waals surface area contributed by atoms with Crippen molar-refractivity contribution < 1.29 is 9.13 Å². The van der Waals surface area contributed by atoms with Crippen LogP contribution in [0.3, 0.4) is 0 Å². The van der Waals surface area contributed by atoms with Crippen molar-refractivity contribution >= 4 is 15.9 Å². The van der Waals surface area contributed by atoms with Crippen LogP contribution >= 0.6 is 15.9 Å². The number of rotatable bonds is 3. The molecule has 2 nitrogen and oxygen atoms in total. The van der Waals surface area contributed by atoms with Crippen molar-refractivity contribution in [3.8, 4) is 11.5 Å². The highest BCUT2D eigenvalue weighted by atomic mass is 79.9. The summed E-state index contributed by atoms with van der Waals surface area (Å²) in [5, 5.41) is 0. The molecule has 0 bridgehead atoms. The molecular formula is C18H15BrFNO. The predicted octanol–water partition coefficient (Wildman–Crippen LogP) is 5.91. The fourth-order valence-corrected chi connectivity index (χ4v) is 3.08. The third-order valence-electron chi connectivity index (χ3n) is 4.04. The highest BCUT2D eigenvalue weighted by Crippen LogP contribution is 2.51. The van der Waals surface area contributed by atoms with E-state index in [1.165, 1.54) is 12.1 Å². The Kier molecular flexibility index (Phi) is 3.70. The van der Waals surface area contributed by atoms with E-state index in [1.807, 2.05) is 32.0 Å². The minimum Gasteiger partial charge on any atom is -0.456 e. The molecule has 112 valence electrons. The number of ether oxygens (including phenoxy) is 1. The molecule has 0 unspecified atom stereocenters. The van der Waals surface area contributed by atoms with Gasteiger partial charge in [0.05, 0.1) is 4.47 Å². The van der Waals surface area contributed by atoms with E-state index < -0.39 is 0 Å². The van der Waals surface area contributed by atoms with Crippen LogP contribution in [-0.4, -0.2) is 0 Å². The van der Waals surface area contributed by atoms with Gasteiger partial charge in [0.25, 0.3) is 5.54 Å². The lowest BCUT2D eigenvalue weighted by atomic mass is 10.1. The van der Waals surface area contributed by atoms with Gasteiger partial charge >= 0.3 is 0 Å². The number of benzene rings is 2. The molecule has 0 aliphatic heterocycles. The van der Waals surface area contributed by atoms with E-state index in [1.54, 1.807) is 0 Å². The minimum absolute atomic E-state index is 0.260. The lowest BCUT2D eigenvalue weighted by molar-refractivity contribution is 0.469. The summed E-state index contributed by atoms with van der Waals surface area (Å²) >= 11 is 3.52. The van der Waals surface area contributed by atoms with Gasteiger partial charge in [0.1, 0.15) is 17.3 Å². The summed E-state index contributed by atoms with van der Waals surface area (Å²) in [4.78, 5) is 3.74. The average Bonchev–Trinajstić information content (AvgIpc) is 3.25. The van der Waals surface area contributed by atoms with Crippen LogP contribution < -0.4 is 4.74 Å². The molecule has 0 saturated heterocycles. The standard InChI is InChI=1S/C18H15BrFNO/c1-11-8-14(20)9-12(2)17(11)22-16-5-4-13(10-15(16)19)18(21-3)6-7-18/h4-5,8-10H,6-7H2,1-2H3. The van der Waals surface area contributed by atoms with Crippen LogP contribution in [0.4, 0.5) is 4.39 Å². The zero-order valence-corrected chi connectivity index (χ0v) is 14.0. The van der Waals surface area contributed by atoms with Gasteiger partial charge in [0.15, 0.2) is 0 Å². The smallest absolute Gasteiger partial charge is 0.258 e. The Balaban J connectivity index is 1.93. The molecule has 0 atom stereocenters. The van der Waals surface area contributed by atoms with Gasteiger partial charge in [-0.15, -0.1) is 0 Å². The zero-order valence-electron chi connectivity index (χ0n) is 12.4. The molecule has 1 fully saturated rings. The Morgan fingerprint density at radius 3 is 2.32 bits per heavy atom. The minimum atomic E-state index is -0.331. The fourth-order valence-electron chi connectivity index (χ4n) is 2.62. The van der Waals surface area contributed by atoms with E-state index in [-0.39, 0.29) is 11.4 Å². The molecule has 0 radical (unpaired) electrons. The van der Waals surface area contributed by atoms with Crippen LogP contribution in [0.25, 0.3) is 4.85 Å². The lowest BCUT2D eigenvalue weighted by Crippen LogP contribution is -2.00. The fraction of sp³-hybridized carbons (Fsp3) is 0.278. The SMILES string of the molecule is [C-]#[N+]C1(c2ccc(Oc3c(C)cc(F)cc3C)c(Br)c2)CC1. The van der Waals surface area contributed by atoms with E-state index in [2.05, 4.69) is 20.8 Å². The van der Waals surface area contributed by atoms with E-state index in [4.69, 9.17) is 11.3 Å². The molecule has 4 heteroatoms. The maximum Gasteiger partial charge on any atom is 0.258 e. The normalized spacial score (nSPS) is 15.2. The van der Waals surface area contributed by atoms with Gasteiger partial charge in [0, 0.05) is 18.4 Å². The monoisotopic (exact) mass is 359 g/mol. The number of aryl methyl sites for hydroxylation is 2. The lowest BCUT2D eigenvalue weighted by Gasteiger charge is -2.14. The number of halogens is 2. The van der Waals surface area contributed by atoms with Gasteiger partial charge in [-0.05, 0) is 71.2 Å². The average molecular weight is 360 g/mol. The second-order valence-corrected chi connectivity index (χ2v) is 6.61. The maximum absolute atomic E-state index is 13.4. The van der Waals surface area contributed by atoms with Crippen molar-refractivity contribution in [1.29, 1.82) is 0 Å². The van der Waals surface area contributed by atoms with E-state index in [9.17, 15) is 4.39 Å². The van der Waals surface area contributed by atoms with Crippen LogP contribution in [0.5, 0.6) is 11.5 Å². The van der Waals surface area contributed by atoms with Crippen molar-refractivity contribution in [2.75, 3.05) is 0 Å². The number of hydrogen-bond acceptors (Lipinski definition) is 1. The molecule has 1 saturated carbocycles. The third kappa shape index (κ3) is 2.62. The van der Waals surface area contributed by atoms with E-state index >= 15 is 0 Å². The first kappa shape index (κ1) is 15.1. The zero-order chi connectivity index (χ0) is 15.9.